The molecule has 3 aliphatic rings. The van der Waals surface area contributed by atoms with Gasteiger partial charge in [-0.3, -0.25) is 19.6 Å². The number of aromatic nitrogens is 2. The number of rotatable bonds is 7. The molecule has 2 fully saturated rings. The predicted octanol–water partition coefficient (Wildman–Crippen LogP) is 4.86. The van der Waals surface area contributed by atoms with E-state index in [4.69, 9.17) is 29.9 Å². The quantitative estimate of drug-likeness (QED) is 0.197. The summed E-state index contributed by atoms with van der Waals surface area (Å²) in [6.45, 7) is 15.7. The standard InChI is InChI=1S/C39H50FN7O5S/c1-7-25(45-12-14-51-15-13-45)21-42-32(24(3)50-6)19-35-28-20-39(4,5)23-52-38(49)31-10-9-11-47(44-31)37(48)30(41)18-36-43-33(22-53-36)27-16-26(28)34(17-29(27)40)46(35)8-2/h16-17,19,21-22,24,30-31,44H,1,8-15,18,20,23,41H2,2-6H3/b32-19+,42-21?/t24-,30-,31-/m0/s1. The van der Waals surface area contributed by atoms with E-state index < -0.39 is 29.3 Å². The highest BCUT2D eigenvalue weighted by molar-refractivity contribution is 7.10. The molecule has 3 N–H and O–H groups in total. The fourth-order valence-corrected chi connectivity index (χ4v) is 7.92. The average Bonchev–Trinajstić information content (AvgIpc) is 3.73. The molecule has 3 aromatic rings. The molecule has 0 unspecified atom stereocenters. The molecule has 6 rings (SSSR count). The molecule has 5 heterocycles. The van der Waals surface area contributed by atoms with Gasteiger partial charge in [-0.2, -0.15) is 0 Å². The number of nitrogens with two attached hydrogens (primary N) is 1. The number of methoxy groups -OCH3 is 1. The lowest BCUT2D eigenvalue weighted by atomic mass is 9.85. The van der Waals surface area contributed by atoms with Gasteiger partial charge in [0.25, 0.3) is 5.91 Å². The average molecular weight is 748 g/mol. The second-order valence-corrected chi connectivity index (χ2v) is 15.5. The van der Waals surface area contributed by atoms with Crippen LogP contribution in [0.3, 0.4) is 0 Å². The highest BCUT2D eigenvalue weighted by Gasteiger charge is 2.34. The minimum atomic E-state index is -0.890. The lowest BCUT2D eigenvalue weighted by Gasteiger charge is -2.34. The van der Waals surface area contributed by atoms with E-state index in [9.17, 15) is 9.59 Å². The number of benzene rings is 1. The predicted molar refractivity (Wildman–Crippen MR) is 205 cm³/mol. The van der Waals surface area contributed by atoms with Gasteiger partial charge < -0.3 is 29.4 Å². The van der Waals surface area contributed by atoms with Crippen LogP contribution in [0.15, 0.2) is 46.2 Å². The maximum Gasteiger partial charge on any atom is 0.324 e. The van der Waals surface area contributed by atoms with Gasteiger partial charge in [0.15, 0.2) is 0 Å². The SMILES string of the molecule is C=C=C(C=N/C(=C/c1c2c3cc(c(F)cc3n1CC)-c1csc(n1)C[C@H](N)C(=O)N1CCC[C@H](N1)C(=O)OCC(C)(C)C2)[C@H](C)OC)N1CCOCC1. The Morgan fingerprint density at radius 3 is 2.79 bits per heavy atom. The van der Waals surface area contributed by atoms with Crippen LogP contribution in [-0.2, 0) is 43.2 Å². The molecular formula is C39H50FN7O5S. The first kappa shape index (κ1) is 38.6. The van der Waals surface area contributed by atoms with Gasteiger partial charge in [0.05, 0.1) is 65.8 Å². The number of hydrogen-bond donors (Lipinski definition) is 2. The Bertz CT molecular complexity index is 1960. The van der Waals surface area contributed by atoms with Crippen LogP contribution in [0.1, 0.15) is 56.8 Å². The number of carbonyl (C=O) groups is 2. The summed E-state index contributed by atoms with van der Waals surface area (Å²) in [4.78, 5) is 38.5. The van der Waals surface area contributed by atoms with Crippen molar-refractivity contribution in [2.75, 3.05) is 46.6 Å². The van der Waals surface area contributed by atoms with E-state index in [2.05, 4.69) is 27.2 Å². The van der Waals surface area contributed by atoms with Gasteiger partial charge in [0, 0.05) is 67.1 Å². The number of nitrogens with one attached hydrogen (secondary N) is 1. The molecule has 3 aliphatic heterocycles. The number of hydrogen-bond acceptors (Lipinski definition) is 11. The Labute approximate surface area is 314 Å². The molecule has 14 heteroatoms. The summed E-state index contributed by atoms with van der Waals surface area (Å²) in [6, 6.07) is 1.86. The first-order valence-electron chi connectivity index (χ1n) is 18.2. The van der Waals surface area contributed by atoms with Crippen molar-refractivity contribution in [3.05, 3.63) is 63.3 Å². The first-order valence-corrected chi connectivity index (χ1v) is 19.1. The second kappa shape index (κ2) is 16.5. The van der Waals surface area contributed by atoms with Crippen LogP contribution in [0.5, 0.6) is 0 Å². The zero-order chi connectivity index (χ0) is 37.9. The van der Waals surface area contributed by atoms with Crippen molar-refractivity contribution in [3.63, 3.8) is 0 Å². The number of aliphatic imine (C=N–C) groups is 1. The first-order chi connectivity index (χ1) is 25.4. The number of ether oxygens (including phenoxy) is 3. The molecule has 12 nitrogen and oxygen atoms in total. The molecule has 0 aliphatic carbocycles. The second-order valence-electron chi connectivity index (χ2n) is 14.5. The zero-order valence-corrected chi connectivity index (χ0v) is 32.1. The van der Waals surface area contributed by atoms with Crippen LogP contribution >= 0.6 is 11.3 Å². The molecule has 6 bridgehead atoms. The number of fused-ring (bicyclic) bond motifs is 6. The van der Waals surface area contributed by atoms with E-state index in [0.717, 1.165) is 27.9 Å². The number of esters is 1. The van der Waals surface area contributed by atoms with Gasteiger partial charge >= 0.3 is 5.97 Å². The van der Waals surface area contributed by atoms with Gasteiger partial charge in [-0.1, -0.05) is 20.4 Å². The summed E-state index contributed by atoms with van der Waals surface area (Å²) in [7, 11) is 1.64. The molecule has 1 amide bonds. The highest BCUT2D eigenvalue weighted by Crippen LogP contribution is 2.38. The van der Waals surface area contributed by atoms with Gasteiger partial charge in [0.1, 0.15) is 11.9 Å². The number of allylic oxidation sites excluding steroid dienone is 1. The topological polar surface area (TPSA) is 137 Å². The van der Waals surface area contributed by atoms with Crippen molar-refractivity contribution in [1.29, 1.82) is 0 Å². The Morgan fingerprint density at radius 2 is 2.08 bits per heavy atom. The smallest absolute Gasteiger partial charge is 0.324 e. The van der Waals surface area contributed by atoms with Crippen molar-refractivity contribution in [1.82, 2.24) is 24.9 Å². The largest absolute Gasteiger partial charge is 0.464 e. The minimum absolute atomic E-state index is 0.120. The number of amides is 1. The zero-order valence-electron chi connectivity index (χ0n) is 31.2. The molecular weight excluding hydrogens is 698 g/mol. The third-order valence-electron chi connectivity index (χ3n) is 10.1. The third-order valence-corrected chi connectivity index (χ3v) is 10.9. The summed E-state index contributed by atoms with van der Waals surface area (Å²) in [6.07, 6.45) is 5.22. The Hall–Kier alpha value is -4.17. The lowest BCUT2D eigenvalue weighted by molar-refractivity contribution is -0.154. The third kappa shape index (κ3) is 8.48. The lowest BCUT2D eigenvalue weighted by Crippen LogP contribution is -2.59. The van der Waals surface area contributed by atoms with Crippen molar-refractivity contribution in [2.45, 2.75) is 78.1 Å². The monoisotopic (exact) mass is 747 g/mol. The molecule has 0 spiro atoms. The van der Waals surface area contributed by atoms with Crippen LogP contribution in [0.25, 0.3) is 28.2 Å². The number of hydrazine groups is 1. The number of cyclic esters (lactones) is 1. The van der Waals surface area contributed by atoms with Gasteiger partial charge in [-0.05, 0) is 56.9 Å². The molecule has 2 aromatic heterocycles. The van der Waals surface area contributed by atoms with Crippen LogP contribution in [0, 0.1) is 11.2 Å². The summed E-state index contributed by atoms with van der Waals surface area (Å²) in [5.41, 5.74) is 16.7. The molecule has 2 saturated heterocycles. The Kier molecular flexibility index (Phi) is 12.0. The van der Waals surface area contributed by atoms with Crippen LogP contribution in [-0.4, -0.2) is 102 Å². The number of nitrogens with zero attached hydrogens (tertiary/aromatic N) is 5. The van der Waals surface area contributed by atoms with Crippen LogP contribution in [0.4, 0.5) is 4.39 Å². The Morgan fingerprint density at radius 1 is 1.30 bits per heavy atom. The van der Waals surface area contributed by atoms with Crippen LogP contribution in [0.2, 0.25) is 0 Å². The molecule has 1 aromatic carbocycles. The minimum Gasteiger partial charge on any atom is -0.464 e. The van der Waals surface area contributed by atoms with E-state index in [1.165, 1.54) is 16.3 Å². The number of carbonyl (C=O) groups excluding carboxylic acids is 2. The fourth-order valence-electron chi connectivity index (χ4n) is 7.06. The number of morpholine rings is 1. The summed E-state index contributed by atoms with van der Waals surface area (Å²) in [5.74, 6) is -1.17. The number of halogens is 1. The van der Waals surface area contributed by atoms with E-state index in [1.54, 1.807) is 24.8 Å². The van der Waals surface area contributed by atoms with Gasteiger partial charge in [-0.15, -0.1) is 17.1 Å². The van der Waals surface area contributed by atoms with E-state index in [0.29, 0.717) is 80.6 Å². The van der Waals surface area contributed by atoms with Crippen molar-refractivity contribution in [3.8, 4) is 11.3 Å². The van der Waals surface area contributed by atoms with Crippen molar-refractivity contribution in [2.24, 2.45) is 16.1 Å². The van der Waals surface area contributed by atoms with Crippen LogP contribution < -0.4 is 11.2 Å². The maximum absolute atomic E-state index is 16.2. The van der Waals surface area contributed by atoms with E-state index in [1.807, 2.05) is 39.8 Å². The molecule has 0 saturated carbocycles. The Balaban J connectivity index is 1.50. The maximum atomic E-state index is 16.2. The molecule has 284 valence electrons. The van der Waals surface area contributed by atoms with Crippen molar-refractivity contribution >= 4 is 46.4 Å². The number of aryl methyl sites for hydroxylation is 1. The summed E-state index contributed by atoms with van der Waals surface area (Å²) >= 11 is 1.34. The fraction of sp³-hybridized carbons (Fsp3) is 0.513. The van der Waals surface area contributed by atoms with E-state index in [-0.39, 0.29) is 25.0 Å². The normalized spacial score (nSPS) is 22.1. The van der Waals surface area contributed by atoms with Gasteiger partial charge in [0.2, 0.25) is 0 Å². The molecule has 0 radical (unpaired) electrons. The highest BCUT2D eigenvalue weighted by atomic mass is 32.1. The van der Waals surface area contributed by atoms with Crippen molar-refractivity contribution < 1.29 is 28.2 Å². The molecule has 3 atom stereocenters. The summed E-state index contributed by atoms with van der Waals surface area (Å²) < 4.78 is 35.6. The van der Waals surface area contributed by atoms with Gasteiger partial charge in [-0.25, -0.2) is 14.8 Å². The molecule has 53 heavy (non-hydrogen) atoms. The summed E-state index contributed by atoms with van der Waals surface area (Å²) in [5, 5.41) is 4.70. The number of thiazole rings is 1. The van der Waals surface area contributed by atoms with E-state index >= 15 is 4.39 Å².